The molecule has 0 radical (unpaired) electrons. The second kappa shape index (κ2) is 4.52. The Morgan fingerprint density at radius 3 is 2.62 bits per heavy atom. The Morgan fingerprint density at radius 2 is 2.00 bits per heavy atom. The van der Waals surface area contributed by atoms with Gasteiger partial charge < -0.3 is 5.73 Å². The molecule has 3 nitrogen and oxygen atoms in total. The van der Waals surface area contributed by atoms with Crippen LogP contribution in [0.25, 0.3) is 11.1 Å². The molecule has 1 aromatic heterocycles. The standard InChI is InChI=1S/C10H9F2N3S/c11-10(12)16-8-4-2-1-3-6(8)7-5-14-15-9(7)13/h1-5,10H,(H3,13,14,15). The number of nitrogen functional groups attached to an aromatic ring is 1. The van der Waals surface area contributed by atoms with E-state index in [0.717, 1.165) is 0 Å². The number of aromatic amines is 1. The van der Waals surface area contributed by atoms with Crippen LogP contribution in [0.15, 0.2) is 35.4 Å². The van der Waals surface area contributed by atoms with Gasteiger partial charge in [-0.25, -0.2) is 0 Å². The maximum atomic E-state index is 12.4. The smallest absolute Gasteiger partial charge is 0.288 e. The van der Waals surface area contributed by atoms with Gasteiger partial charge in [-0.15, -0.1) is 0 Å². The van der Waals surface area contributed by atoms with Crippen molar-refractivity contribution in [2.45, 2.75) is 10.7 Å². The van der Waals surface area contributed by atoms with Crippen LogP contribution in [0.5, 0.6) is 0 Å². The molecule has 84 valence electrons. The molecule has 0 amide bonds. The minimum Gasteiger partial charge on any atom is -0.384 e. The van der Waals surface area contributed by atoms with Crippen molar-refractivity contribution in [3.63, 3.8) is 0 Å². The number of hydrogen-bond donors (Lipinski definition) is 2. The van der Waals surface area contributed by atoms with Crippen molar-refractivity contribution in [2.75, 3.05) is 5.73 Å². The molecule has 0 aliphatic heterocycles. The van der Waals surface area contributed by atoms with Gasteiger partial charge in [-0.2, -0.15) is 13.9 Å². The second-order valence-electron chi connectivity index (χ2n) is 3.07. The Balaban J connectivity index is 2.44. The summed E-state index contributed by atoms with van der Waals surface area (Å²) in [4.78, 5) is 0.491. The fourth-order valence-corrected chi connectivity index (χ4v) is 2.05. The highest BCUT2D eigenvalue weighted by Crippen LogP contribution is 2.36. The number of nitrogens with one attached hydrogen (secondary N) is 1. The maximum absolute atomic E-state index is 12.4. The molecule has 2 aromatic rings. The molecule has 1 aromatic carbocycles. The summed E-state index contributed by atoms with van der Waals surface area (Å²) in [5.41, 5.74) is 6.97. The van der Waals surface area contributed by atoms with Gasteiger partial charge in [0, 0.05) is 16.0 Å². The molecule has 0 fully saturated rings. The number of H-pyrrole nitrogens is 1. The first kappa shape index (κ1) is 10.9. The third kappa shape index (κ3) is 2.16. The SMILES string of the molecule is Nc1[nH]ncc1-c1ccccc1SC(F)F. The fraction of sp³-hybridized carbons (Fsp3) is 0.100. The number of hydrogen-bond acceptors (Lipinski definition) is 3. The Kier molecular flexibility index (Phi) is 3.09. The van der Waals surface area contributed by atoms with Gasteiger partial charge in [0.25, 0.3) is 5.76 Å². The largest absolute Gasteiger partial charge is 0.384 e. The number of thioether (sulfide) groups is 1. The van der Waals surface area contributed by atoms with Crippen LogP contribution >= 0.6 is 11.8 Å². The number of nitrogens with zero attached hydrogens (tertiary/aromatic N) is 1. The Hall–Kier alpha value is -1.56. The lowest BCUT2D eigenvalue weighted by molar-refractivity contribution is 0.252. The number of alkyl halides is 2. The van der Waals surface area contributed by atoms with Gasteiger partial charge in [-0.05, 0) is 6.07 Å². The van der Waals surface area contributed by atoms with Crippen molar-refractivity contribution in [3.05, 3.63) is 30.5 Å². The fourth-order valence-electron chi connectivity index (χ4n) is 1.40. The van der Waals surface area contributed by atoms with Crippen LogP contribution in [0.2, 0.25) is 0 Å². The van der Waals surface area contributed by atoms with Crippen LogP contribution in [0, 0.1) is 0 Å². The van der Waals surface area contributed by atoms with Gasteiger partial charge >= 0.3 is 0 Å². The molecule has 0 bridgehead atoms. The molecule has 3 N–H and O–H groups in total. The third-order valence-corrected chi connectivity index (χ3v) is 2.85. The molecule has 6 heteroatoms. The molecule has 0 aliphatic carbocycles. The van der Waals surface area contributed by atoms with E-state index >= 15 is 0 Å². The number of anilines is 1. The third-order valence-electron chi connectivity index (χ3n) is 2.06. The van der Waals surface area contributed by atoms with E-state index in [9.17, 15) is 8.78 Å². The summed E-state index contributed by atoms with van der Waals surface area (Å²) in [7, 11) is 0. The van der Waals surface area contributed by atoms with Crippen LogP contribution in [0.3, 0.4) is 0 Å². The summed E-state index contributed by atoms with van der Waals surface area (Å²) in [6.45, 7) is 0. The van der Waals surface area contributed by atoms with Crippen molar-refractivity contribution in [3.8, 4) is 11.1 Å². The maximum Gasteiger partial charge on any atom is 0.288 e. The summed E-state index contributed by atoms with van der Waals surface area (Å²) in [6, 6.07) is 6.87. The monoisotopic (exact) mass is 241 g/mol. The zero-order valence-corrected chi connectivity index (χ0v) is 8.97. The predicted octanol–water partition coefficient (Wildman–Crippen LogP) is 2.97. The summed E-state index contributed by atoms with van der Waals surface area (Å²) in [6.07, 6.45) is 1.53. The van der Waals surface area contributed by atoms with Gasteiger partial charge in [0.15, 0.2) is 0 Å². The lowest BCUT2D eigenvalue weighted by Gasteiger charge is -2.07. The van der Waals surface area contributed by atoms with Crippen molar-refractivity contribution >= 4 is 17.6 Å². The average molecular weight is 241 g/mol. The zero-order chi connectivity index (χ0) is 11.5. The molecule has 0 unspecified atom stereocenters. The van der Waals surface area contributed by atoms with Crippen LogP contribution in [0.1, 0.15) is 0 Å². The topological polar surface area (TPSA) is 54.7 Å². The number of aromatic nitrogens is 2. The molecule has 1 heterocycles. The van der Waals surface area contributed by atoms with Crippen LogP contribution in [-0.4, -0.2) is 16.0 Å². The van der Waals surface area contributed by atoms with Crippen molar-refractivity contribution in [2.24, 2.45) is 0 Å². The van der Waals surface area contributed by atoms with E-state index in [1.54, 1.807) is 24.3 Å². The van der Waals surface area contributed by atoms with Gasteiger partial charge in [0.2, 0.25) is 0 Å². The lowest BCUT2D eigenvalue weighted by Crippen LogP contribution is -1.90. The number of halogens is 2. The molecule has 2 rings (SSSR count). The molecule has 0 atom stereocenters. The van der Waals surface area contributed by atoms with Gasteiger partial charge in [-0.1, -0.05) is 30.0 Å². The Morgan fingerprint density at radius 1 is 1.25 bits per heavy atom. The highest BCUT2D eigenvalue weighted by Gasteiger charge is 2.13. The zero-order valence-electron chi connectivity index (χ0n) is 8.15. The molecule has 0 spiro atoms. The Labute approximate surface area is 95.0 Å². The quantitative estimate of drug-likeness (QED) is 0.812. The highest BCUT2D eigenvalue weighted by atomic mass is 32.2. The first-order chi connectivity index (χ1) is 7.68. The molecule has 0 saturated heterocycles. The molecular weight excluding hydrogens is 232 g/mol. The number of nitrogens with two attached hydrogens (primary N) is 1. The predicted molar refractivity (Wildman–Crippen MR) is 60.3 cm³/mol. The van der Waals surface area contributed by atoms with Crippen LogP contribution < -0.4 is 5.73 Å². The first-order valence-electron chi connectivity index (χ1n) is 4.51. The van der Waals surface area contributed by atoms with E-state index in [-0.39, 0.29) is 0 Å². The van der Waals surface area contributed by atoms with E-state index in [1.807, 2.05) is 0 Å². The van der Waals surface area contributed by atoms with Crippen molar-refractivity contribution in [1.82, 2.24) is 10.2 Å². The van der Waals surface area contributed by atoms with Crippen molar-refractivity contribution in [1.29, 1.82) is 0 Å². The highest BCUT2D eigenvalue weighted by molar-refractivity contribution is 7.99. The van der Waals surface area contributed by atoms with Gasteiger partial charge in [-0.3, -0.25) is 5.10 Å². The van der Waals surface area contributed by atoms with E-state index in [1.165, 1.54) is 6.20 Å². The molecule has 0 saturated carbocycles. The minimum absolute atomic E-state index is 0.377. The van der Waals surface area contributed by atoms with E-state index in [2.05, 4.69) is 10.2 Å². The summed E-state index contributed by atoms with van der Waals surface area (Å²) in [5.74, 6) is -2.07. The number of rotatable bonds is 3. The Bertz CT molecular complexity index is 484. The average Bonchev–Trinajstić information content (AvgIpc) is 2.64. The second-order valence-corrected chi connectivity index (χ2v) is 4.10. The summed E-state index contributed by atoms with van der Waals surface area (Å²) >= 11 is 0.501. The number of benzene rings is 1. The van der Waals surface area contributed by atoms with E-state index < -0.39 is 5.76 Å². The van der Waals surface area contributed by atoms with Crippen LogP contribution in [-0.2, 0) is 0 Å². The van der Waals surface area contributed by atoms with Crippen molar-refractivity contribution < 1.29 is 8.78 Å². The van der Waals surface area contributed by atoms with Crippen LogP contribution in [0.4, 0.5) is 14.6 Å². The van der Waals surface area contributed by atoms with E-state index in [0.29, 0.717) is 33.6 Å². The summed E-state index contributed by atoms with van der Waals surface area (Å²) in [5, 5.41) is 6.35. The molecular formula is C10H9F2N3S. The molecule has 16 heavy (non-hydrogen) atoms. The lowest BCUT2D eigenvalue weighted by atomic mass is 10.1. The normalized spacial score (nSPS) is 10.9. The minimum atomic E-state index is -2.45. The first-order valence-corrected chi connectivity index (χ1v) is 5.39. The van der Waals surface area contributed by atoms with Gasteiger partial charge in [0.05, 0.1) is 6.20 Å². The molecule has 0 aliphatic rings. The van der Waals surface area contributed by atoms with E-state index in [4.69, 9.17) is 5.73 Å². The summed E-state index contributed by atoms with van der Waals surface area (Å²) < 4.78 is 24.7. The van der Waals surface area contributed by atoms with Gasteiger partial charge in [0.1, 0.15) is 5.82 Å².